The van der Waals surface area contributed by atoms with Gasteiger partial charge in [-0.2, -0.15) is 0 Å². The van der Waals surface area contributed by atoms with Gasteiger partial charge in [0.15, 0.2) is 0 Å². The molecule has 4 nitrogen and oxygen atoms in total. The van der Waals surface area contributed by atoms with Gasteiger partial charge in [0.1, 0.15) is 0 Å². The van der Waals surface area contributed by atoms with E-state index in [4.69, 9.17) is 0 Å². The summed E-state index contributed by atoms with van der Waals surface area (Å²) in [5.41, 5.74) is 0. The molecule has 0 aromatic carbocycles. The molecule has 1 unspecified atom stereocenters. The predicted octanol–water partition coefficient (Wildman–Crippen LogP) is 5.71. The Bertz CT molecular complexity index is 457. The first kappa shape index (κ1) is 35.0. The van der Waals surface area contributed by atoms with Crippen molar-refractivity contribution in [1.29, 1.82) is 0 Å². The fraction of sp³-hybridized carbons (Fsp3) is 1.00. The fourth-order valence-electron chi connectivity index (χ4n) is 4.33. The molecule has 0 bridgehead atoms. The van der Waals surface area contributed by atoms with Gasteiger partial charge in [-0.3, -0.25) is 4.18 Å². The third-order valence-corrected chi connectivity index (χ3v) is 6.80. The van der Waals surface area contributed by atoms with Gasteiger partial charge in [-0.15, -0.1) is 0 Å². The van der Waals surface area contributed by atoms with Gasteiger partial charge in [0.05, 0.1) is 6.61 Å². The van der Waals surface area contributed by atoms with Crippen LogP contribution in [0.3, 0.4) is 0 Å². The molecule has 0 aromatic heterocycles. The number of rotatable bonds is 25. The maximum atomic E-state index is 10.8. The Morgan fingerprint density at radius 2 is 0.844 bits per heavy atom. The molecule has 0 aliphatic carbocycles. The molecule has 0 aromatic rings. The molecule has 0 radical (unpaired) electrons. The Morgan fingerprint density at radius 3 is 1.12 bits per heavy atom. The Morgan fingerprint density at radius 1 is 0.562 bits per heavy atom. The van der Waals surface area contributed by atoms with E-state index in [2.05, 4.69) is 18.0 Å². The SMILES string of the molecule is CCCCCCCCCCCCCCC(CCCCCCCCCC)COS(=O)(=O)[O-].[Na+]. The van der Waals surface area contributed by atoms with Crippen molar-refractivity contribution in [3.05, 3.63) is 0 Å². The summed E-state index contributed by atoms with van der Waals surface area (Å²) >= 11 is 0. The van der Waals surface area contributed by atoms with Crippen LogP contribution in [-0.2, 0) is 14.6 Å². The normalized spacial score (nSPS) is 12.6. The summed E-state index contributed by atoms with van der Waals surface area (Å²) in [7, 11) is -4.57. The minimum absolute atomic E-state index is 0. The van der Waals surface area contributed by atoms with E-state index in [1.807, 2.05) is 0 Å². The van der Waals surface area contributed by atoms with Gasteiger partial charge in [-0.25, -0.2) is 8.42 Å². The van der Waals surface area contributed by atoms with E-state index in [1.165, 1.54) is 116 Å². The van der Waals surface area contributed by atoms with E-state index in [-0.39, 0.29) is 42.1 Å². The molecule has 0 rings (SSSR count). The minimum Gasteiger partial charge on any atom is -0.726 e. The maximum absolute atomic E-state index is 10.8. The van der Waals surface area contributed by atoms with Crippen LogP contribution in [0.15, 0.2) is 0 Å². The number of hydrogen-bond acceptors (Lipinski definition) is 4. The molecular formula is C26H53NaO4S. The molecule has 0 fully saturated rings. The zero-order valence-corrected chi connectivity index (χ0v) is 24.7. The van der Waals surface area contributed by atoms with Crippen LogP contribution >= 0.6 is 0 Å². The van der Waals surface area contributed by atoms with E-state index in [0.717, 1.165) is 25.7 Å². The Balaban J connectivity index is 0. The molecule has 188 valence electrons. The quantitative estimate of drug-likeness (QED) is 0.0721. The average molecular weight is 485 g/mol. The molecule has 1 atom stereocenters. The second-order valence-electron chi connectivity index (χ2n) is 9.50. The van der Waals surface area contributed by atoms with E-state index in [0.29, 0.717) is 0 Å². The van der Waals surface area contributed by atoms with Gasteiger partial charge >= 0.3 is 29.6 Å². The van der Waals surface area contributed by atoms with Crippen molar-refractivity contribution in [2.75, 3.05) is 6.61 Å². The fourth-order valence-corrected chi connectivity index (χ4v) is 4.69. The number of unbranched alkanes of at least 4 members (excludes halogenated alkanes) is 18. The summed E-state index contributed by atoms with van der Waals surface area (Å²) in [5, 5.41) is 0. The van der Waals surface area contributed by atoms with Crippen LogP contribution in [-0.4, -0.2) is 19.6 Å². The van der Waals surface area contributed by atoms with E-state index in [1.54, 1.807) is 0 Å². The monoisotopic (exact) mass is 484 g/mol. The Hall–Kier alpha value is 0.870. The van der Waals surface area contributed by atoms with Gasteiger partial charge in [-0.1, -0.05) is 142 Å². The van der Waals surface area contributed by atoms with Crippen molar-refractivity contribution < 1.29 is 46.7 Å². The second-order valence-corrected chi connectivity index (χ2v) is 10.6. The van der Waals surface area contributed by atoms with Crippen LogP contribution in [0.4, 0.5) is 0 Å². The Labute approximate surface area is 223 Å². The summed E-state index contributed by atoms with van der Waals surface area (Å²) in [4.78, 5) is 0. The molecule has 0 heterocycles. The van der Waals surface area contributed by atoms with Crippen molar-refractivity contribution in [2.24, 2.45) is 5.92 Å². The zero-order valence-electron chi connectivity index (χ0n) is 21.9. The smallest absolute Gasteiger partial charge is 0.726 e. The van der Waals surface area contributed by atoms with Crippen LogP contribution in [0, 0.1) is 5.92 Å². The topological polar surface area (TPSA) is 66.4 Å². The van der Waals surface area contributed by atoms with Gasteiger partial charge < -0.3 is 4.55 Å². The van der Waals surface area contributed by atoms with Crippen molar-refractivity contribution >= 4 is 10.4 Å². The molecule has 0 aliphatic rings. The van der Waals surface area contributed by atoms with E-state index < -0.39 is 10.4 Å². The zero-order chi connectivity index (χ0) is 23.0. The first-order valence-electron chi connectivity index (χ1n) is 13.6. The van der Waals surface area contributed by atoms with Gasteiger partial charge in [0, 0.05) is 0 Å². The van der Waals surface area contributed by atoms with Gasteiger partial charge in [-0.05, 0) is 18.8 Å². The minimum atomic E-state index is -4.57. The summed E-state index contributed by atoms with van der Waals surface area (Å²) in [6.07, 6.45) is 28.0. The van der Waals surface area contributed by atoms with Crippen molar-refractivity contribution in [1.82, 2.24) is 0 Å². The van der Waals surface area contributed by atoms with Gasteiger partial charge in [0.25, 0.3) is 0 Å². The van der Waals surface area contributed by atoms with Crippen molar-refractivity contribution in [3.63, 3.8) is 0 Å². The average Bonchev–Trinajstić information content (AvgIpc) is 2.73. The summed E-state index contributed by atoms with van der Waals surface area (Å²) in [5.74, 6) is 0.201. The molecule has 0 saturated heterocycles. The van der Waals surface area contributed by atoms with Crippen LogP contribution in [0.2, 0.25) is 0 Å². The molecule has 0 amide bonds. The molecule has 32 heavy (non-hydrogen) atoms. The summed E-state index contributed by atoms with van der Waals surface area (Å²) in [6, 6.07) is 0. The molecule has 0 spiro atoms. The van der Waals surface area contributed by atoms with Crippen molar-refractivity contribution in [2.45, 2.75) is 155 Å². The molecular weight excluding hydrogens is 431 g/mol. The molecule has 6 heteroatoms. The van der Waals surface area contributed by atoms with Crippen LogP contribution < -0.4 is 29.6 Å². The van der Waals surface area contributed by atoms with E-state index >= 15 is 0 Å². The van der Waals surface area contributed by atoms with Crippen LogP contribution in [0.25, 0.3) is 0 Å². The summed E-state index contributed by atoms with van der Waals surface area (Å²) in [6.45, 7) is 4.57. The third-order valence-electron chi connectivity index (χ3n) is 6.38. The second kappa shape index (κ2) is 26.5. The largest absolute Gasteiger partial charge is 1.00 e. The van der Waals surface area contributed by atoms with E-state index in [9.17, 15) is 13.0 Å². The van der Waals surface area contributed by atoms with Crippen molar-refractivity contribution in [3.8, 4) is 0 Å². The first-order chi connectivity index (χ1) is 15.0. The standard InChI is InChI=1S/C26H54O4S.Na/c1-3-5-7-9-11-13-14-15-16-18-20-22-24-26(25-30-31(27,28)29)23-21-19-17-12-10-8-6-4-2;/h26H,3-25H2,1-2H3,(H,27,28,29);/q;+1/p-1. The van der Waals surface area contributed by atoms with Gasteiger partial charge in [0.2, 0.25) is 10.4 Å². The molecule has 0 saturated carbocycles. The molecule has 0 N–H and O–H groups in total. The third kappa shape index (κ3) is 28.9. The predicted molar refractivity (Wildman–Crippen MR) is 132 cm³/mol. The maximum Gasteiger partial charge on any atom is 1.00 e. The summed E-state index contributed by atoms with van der Waals surface area (Å²) < 4.78 is 37.1. The molecule has 0 aliphatic heterocycles. The number of hydrogen-bond donors (Lipinski definition) is 0. The Kier molecular flexibility index (Phi) is 29.0. The van der Waals surface area contributed by atoms with Crippen LogP contribution in [0.1, 0.15) is 155 Å². The first-order valence-corrected chi connectivity index (χ1v) is 14.9. The van der Waals surface area contributed by atoms with Crippen LogP contribution in [0.5, 0.6) is 0 Å².